The van der Waals surface area contributed by atoms with Crippen LogP contribution in [0.1, 0.15) is 17.3 Å². The molecule has 1 heterocycles. The smallest absolute Gasteiger partial charge is 0.340 e. The van der Waals surface area contributed by atoms with Crippen molar-refractivity contribution < 1.29 is 9.53 Å². The molecule has 0 aliphatic carbocycles. The second-order valence-electron chi connectivity index (χ2n) is 5.55. The van der Waals surface area contributed by atoms with E-state index in [1.807, 2.05) is 54.8 Å². The number of hydrogen-bond donors (Lipinski definition) is 2. The Morgan fingerprint density at radius 2 is 1.88 bits per heavy atom. The third-order valence-corrected chi connectivity index (χ3v) is 4.62. The van der Waals surface area contributed by atoms with Gasteiger partial charge in [0.05, 0.1) is 17.9 Å². The number of nitrogens with one attached hydrogen (secondary N) is 1. The average Bonchev–Trinajstić information content (AvgIpc) is 3.08. The van der Waals surface area contributed by atoms with Crippen LogP contribution in [0.3, 0.4) is 0 Å². The molecular formula is C20H20N2O2S. The summed E-state index contributed by atoms with van der Waals surface area (Å²) in [6.07, 6.45) is 2.03. The number of thioether (sulfide) groups is 1. The molecule has 5 heteroatoms. The van der Waals surface area contributed by atoms with Crippen molar-refractivity contribution in [1.82, 2.24) is 4.98 Å². The molecule has 0 amide bonds. The lowest BCUT2D eigenvalue weighted by molar-refractivity contribution is 0.0527. The lowest BCUT2D eigenvalue weighted by Crippen LogP contribution is -2.04. The zero-order chi connectivity index (χ0) is 17.8. The predicted molar refractivity (Wildman–Crippen MR) is 104 cm³/mol. The number of hydrogen-bond acceptors (Lipinski definition) is 4. The highest BCUT2D eigenvalue weighted by Crippen LogP contribution is 2.31. The number of H-pyrrole nitrogens is 1. The van der Waals surface area contributed by atoms with E-state index in [2.05, 4.69) is 11.1 Å². The van der Waals surface area contributed by atoms with Gasteiger partial charge >= 0.3 is 5.97 Å². The van der Waals surface area contributed by atoms with Gasteiger partial charge in [-0.3, -0.25) is 0 Å². The summed E-state index contributed by atoms with van der Waals surface area (Å²) in [6, 6.07) is 17.5. The highest BCUT2D eigenvalue weighted by atomic mass is 32.2. The van der Waals surface area contributed by atoms with Crippen LogP contribution in [-0.2, 0) is 4.74 Å². The van der Waals surface area contributed by atoms with E-state index >= 15 is 0 Å². The van der Waals surface area contributed by atoms with Crippen LogP contribution < -0.4 is 5.73 Å². The van der Waals surface area contributed by atoms with Crippen molar-refractivity contribution in [2.24, 2.45) is 0 Å². The summed E-state index contributed by atoms with van der Waals surface area (Å²) < 4.78 is 5.23. The molecule has 4 nitrogen and oxygen atoms in total. The summed E-state index contributed by atoms with van der Waals surface area (Å²) >= 11 is 1.66. The molecule has 0 saturated heterocycles. The summed E-state index contributed by atoms with van der Waals surface area (Å²) in [5.41, 5.74) is 10.5. The number of aromatic nitrogens is 1. The van der Waals surface area contributed by atoms with E-state index in [0.29, 0.717) is 17.9 Å². The Hall–Kier alpha value is -2.66. The van der Waals surface area contributed by atoms with E-state index < -0.39 is 0 Å². The predicted octanol–water partition coefficient (Wildman–Crippen LogP) is 4.83. The molecule has 1 aromatic heterocycles. The van der Waals surface area contributed by atoms with Gasteiger partial charge in [0.15, 0.2) is 0 Å². The number of nitrogens with two attached hydrogens (primary N) is 1. The summed E-state index contributed by atoms with van der Waals surface area (Å²) in [6.45, 7) is 2.14. The Kier molecular flexibility index (Phi) is 5.14. The first-order chi connectivity index (χ1) is 12.1. The molecule has 2 aromatic carbocycles. The molecule has 0 spiro atoms. The number of nitrogen functional groups attached to an aromatic ring is 1. The normalized spacial score (nSPS) is 10.6. The first-order valence-corrected chi connectivity index (χ1v) is 9.25. The number of rotatable bonds is 5. The molecule has 0 unspecified atom stereocenters. The quantitative estimate of drug-likeness (QED) is 0.392. The average molecular weight is 352 g/mol. The Morgan fingerprint density at radius 1 is 1.12 bits per heavy atom. The SMILES string of the molecule is CCOC(=O)c1cc(-c2ccc(N)cc2)[nH]c1-c1cccc(SC)c1. The van der Waals surface area contributed by atoms with E-state index in [1.54, 1.807) is 18.7 Å². The minimum atomic E-state index is -0.329. The molecule has 0 aliphatic heterocycles. The first-order valence-electron chi connectivity index (χ1n) is 8.03. The molecule has 0 bridgehead atoms. The van der Waals surface area contributed by atoms with Crippen LogP contribution >= 0.6 is 11.8 Å². The fraction of sp³-hybridized carbons (Fsp3) is 0.150. The third-order valence-electron chi connectivity index (χ3n) is 3.89. The number of anilines is 1. The monoisotopic (exact) mass is 352 g/mol. The van der Waals surface area contributed by atoms with Crippen LogP contribution in [0, 0.1) is 0 Å². The van der Waals surface area contributed by atoms with Crippen LogP contribution in [-0.4, -0.2) is 23.8 Å². The fourth-order valence-corrected chi connectivity index (χ4v) is 3.11. The van der Waals surface area contributed by atoms with Gasteiger partial charge in [-0.05, 0) is 54.6 Å². The molecule has 0 radical (unpaired) electrons. The molecule has 0 fully saturated rings. The van der Waals surface area contributed by atoms with Crippen molar-refractivity contribution in [1.29, 1.82) is 0 Å². The molecule has 3 N–H and O–H groups in total. The van der Waals surface area contributed by atoms with Gasteiger partial charge in [0.25, 0.3) is 0 Å². The number of aromatic amines is 1. The lowest BCUT2D eigenvalue weighted by Gasteiger charge is -2.05. The Balaban J connectivity index is 2.11. The highest BCUT2D eigenvalue weighted by Gasteiger charge is 2.19. The Morgan fingerprint density at radius 3 is 2.56 bits per heavy atom. The maximum absolute atomic E-state index is 12.4. The van der Waals surface area contributed by atoms with Gasteiger partial charge in [-0.25, -0.2) is 4.79 Å². The standard InChI is InChI=1S/C20H20N2O2S/c1-3-24-20(23)17-12-18(13-7-9-15(21)10-8-13)22-19(17)14-5-4-6-16(11-14)25-2/h4-12,22H,3,21H2,1-2H3. The first kappa shape index (κ1) is 17.2. The summed E-state index contributed by atoms with van der Waals surface area (Å²) in [5.74, 6) is -0.329. The van der Waals surface area contributed by atoms with Gasteiger partial charge < -0.3 is 15.5 Å². The van der Waals surface area contributed by atoms with Crippen molar-refractivity contribution in [3.8, 4) is 22.5 Å². The summed E-state index contributed by atoms with van der Waals surface area (Å²) in [4.78, 5) is 16.9. The Labute approximate surface area is 151 Å². The van der Waals surface area contributed by atoms with Gasteiger partial charge in [0.1, 0.15) is 0 Å². The van der Waals surface area contributed by atoms with Gasteiger partial charge in [-0.1, -0.05) is 24.3 Å². The molecular weight excluding hydrogens is 332 g/mol. The van der Waals surface area contributed by atoms with E-state index in [0.717, 1.165) is 27.4 Å². The maximum atomic E-state index is 12.4. The van der Waals surface area contributed by atoms with E-state index in [4.69, 9.17) is 10.5 Å². The molecule has 0 atom stereocenters. The highest BCUT2D eigenvalue weighted by molar-refractivity contribution is 7.98. The number of esters is 1. The molecule has 25 heavy (non-hydrogen) atoms. The number of benzene rings is 2. The van der Waals surface area contributed by atoms with Gasteiger partial charge in [-0.15, -0.1) is 11.8 Å². The van der Waals surface area contributed by atoms with E-state index in [1.165, 1.54) is 0 Å². The van der Waals surface area contributed by atoms with Crippen LogP contribution in [0.25, 0.3) is 22.5 Å². The van der Waals surface area contributed by atoms with Crippen molar-refractivity contribution >= 4 is 23.4 Å². The molecule has 0 saturated carbocycles. The molecule has 0 aliphatic rings. The van der Waals surface area contributed by atoms with Crippen LogP contribution in [0.5, 0.6) is 0 Å². The second-order valence-corrected chi connectivity index (χ2v) is 6.43. The van der Waals surface area contributed by atoms with Gasteiger partial charge in [0, 0.05) is 16.3 Å². The largest absolute Gasteiger partial charge is 0.462 e. The number of carbonyl (C=O) groups excluding carboxylic acids is 1. The lowest BCUT2D eigenvalue weighted by atomic mass is 10.1. The van der Waals surface area contributed by atoms with Crippen LogP contribution in [0.2, 0.25) is 0 Å². The molecule has 128 valence electrons. The minimum absolute atomic E-state index is 0.329. The fourth-order valence-electron chi connectivity index (χ4n) is 2.65. The van der Waals surface area contributed by atoms with Gasteiger partial charge in [0.2, 0.25) is 0 Å². The third kappa shape index (κ3) is 3.72. The van der Waals surface area contributed by atoms with Crippen molar-refractivity contribution in [3.63, 3.8) is 0 Å². The van der Waals surface area contributed by atoms with Crippen LogP contribution in [0.4, 0.5) is 5.69 Å². The van der Waals surface area contributed by atoms with Crippen LogP contribution in [0.15, 0.2) is 59.5 Å². The van der Waals surface area contributed by atoms with Crippen molar-refractivity contribution in [3.05, 3.63) is 60.2 Å². The summed E-state index contributed by atoms with van der Waals surface area (Å²) in [5, 5.41) is 0. The molecule has 3 aromatic rings. The van der Waals surface area contributed by atoms with Crippen molar-refractivity contribution in [2.75, 3.05) is 18.6 Å². The number of ether oxygens (including phenoxy) is 1. The minimum Gasteiger partial charge on any atom is -0.462 e. The van der Waals surface area contributed by atoms with Crippen molar-refractivity contribution in [2.45, 2.75) is 11.8 Å². The van der Waals surface area contributed by atoms with E-state index in [9.17, 15) is 4.79 Å². The number of carbonyl (C=O) groups is 1. The Bertz CT molecular complexity index is 885. The molecule has 3 rings (SSSR count). The zero-order valence-corrected chi connectivity index (χ0v) is 15.0. The second kappa shape index (κ2) is 7.49. The topological polar surface area (TPSA) is 68.1 Å². The van der Waals surface area contributed by atoms with Gasteiger partial charge in [-0.2, -0.15) is 0 Å². The zero-order valence-electron chi connectivity index (χ0n) is 14.2. The maximum Gasteiger partial charge on any atom is 0.340 e. The summed E-state index contributed by atoms with van der Waals surface area (Å²) in [7, 11) is 0. The van der Waals surface area contributed by atoms with E-state index in [-0.39, 0.29) is 5.97 Å².